The lowest BCUT2D eigenvalue weighted by Gasteiger charge is -2.28. The van der Waals surface area contributed by atoms with E-state index in [1.165, 1.54) is 38.1 Å². The van der Waals surface area contributed by atoms with Crippen LogP contribution in [0.5, 0.6) is 5.75 Å². The Balaban J connectivity index is 0. The Morgan fingerprint density at radius 3 is 2.24 bits per heavy atom. The number of alkyl halides is 3. The first-order chi connectivity index (χ1) is 16.1. The van der Waals surface area contributed by atoms with Gasteiger partial charge in [0.1, 0.15) is 5.75 Å². The molecule has 0 saturated carbocycles. The zero-order valence-corrected chi connectivity index (χ0v) is 20.0. The molecule has 196 valence electrons. The number of benzene rings is 1. The van der Waals surface area contributed by atoms with Crippen LogP contribution in [-0.4, -0.2) is 54.9 Å². The number of rotatable bonds is 3. The predicted octanol–water partition coefficient (Wildman–Crippen LogP) is 2.81. The standard InChI is InChI=1S/C12H8Cl2F3NO4.C4H9N.C2H6.CH2O2.H4NO/c13-6-1-5-2-7(11(19)20-4-21-18)10(12(15,16)17)22-9(5)8(14)3-6;1-2-4-5-3-1;1-2;2-1-3;1-2/h1-3,10H,4,18H2;5H,1-4H2;1-2H3;1H,(H,2,3);2H,1H3/q;;;;+1. The maximum atomic E-state index is 13.1. The molecule has 2 aliphatic heterocycles. The second-order valence-electron chi connectivity index (χ2n) is 5.72. The molecule has 3 rings (SSSR count). The van der Waals surface area contributed by atoms with E-state index in [2.05, 4.69) is 26.7 Å². The molecule has 1 atom stereocenters. The molecule has 0 aromatic heterocycles. The molecule has 0 bridgehead atoms. The molecule has 2 aliphatic rings. The minimum absolute atomic E-state index is 0.106. The van der Waals surface area contributed by atoms with Gasteiger partial charge in [-0.1, -0.05) is 37.0 Å². The molecular formula is C19H29Cl2F3N3O7+. The van der Waals surface area contributed by atoms with E-state index in [1.807, 2.05) is 13.8 Å². The molecule has 2 heterocycles. The molecule has 15 heteroatoms. The third-order valence-corrected chi connectivity index (χ3v) is 4.11. The number of ether oxygens (including phenoxy) is 2. The highest BCUT2D eigenvalue weighted by Gasteiger charge is 2.49. The van der Waals surface area contributed by atoms with Crippen LogP contribution in [0.1, 0.15) is 32.3 Å². The van der Waals surface area contributed by atoms with Crippen molar-refractivity contribution in [2.24, 2.45) is 5.90 Å². The first-order valence-corrected chi connectivity index (χ1v) is 10.4. The average Bonchev–Trinajstić information content (AvgIpc) is 3.39. The van der Waals surface area contributed by atoms with Crippen LogP contribution in [-0.2, 0) is 19.2 Å². The summed E-state index contributed by atoms with van der Waals surface area (Å²) in [6, 6.07) is 2.54. The fourth-order valence-corrected chi connectivity index (χ4v) is 3.00. The zero-order valence-electron chi connectivity index (χ0n) is 18.5. The van der Waals surface area contributed by atoms with Gasteiger partial charge in [-0.3, -0.25) is 9.63 Å². The maximum absolute atomic E-state index is 13.1. The number of hydrogen-bond acceptors (Lipinski definition) is 8. The van der Waals surface area contributed by atoms with Gasteiger partial charge in [0.25, 0.3) is 6.47 Å². The second kappa shape index (κ2) is 19.2. The predicted molar refractivity (Wildman–Crippen MR) is 118 cm³/mol. The van der Waals surface area contributed by atoms with Crippen molar-refractivity contribution >= 4 is 41.7 Å². The molecular weight excluding hydrogens is 510 g/mol. The minimum Gasteiger partial charge on any atom is -0.483 e. The zero-order chi connectivity index (χ0) is 26.7. The first-order valence-electron chi connectivity index (χ1n) is 9.68. The summed E-state index contributed by atoms with van der Waals surface area (Å²) in [7, 11) is 0. The van der Waals surface area contributed by atoms with Gasteiger partial charge in [-0.25, -0.2) is 21.8 Å². The lowest BCUT2D eigenvalue weighted by molar-refractivity contribution is -0.670. The molecule has 1 saturated heterocycles. The van der Waals surface area contributed by atoms with E-state index in [9.17, 15) is 18.0 Å². The van der Waals surface area contributed by atoms with Gasteiger partial charge < -0.3 is 19.9 Å². The number of fused-ring (bicyclic) bond motifs is 1. The molecule has 10 nitrogen and oxygen atoms in total. The smallest absolute Gasteiger partial charge is 0.430 e. The highest BCUT2D eigenvalue weighted by molar-refractivity contribution is 6.36. The van der Waals surface area contributed by atoms with Gasteiger partial charge in [0, 0.05) is 10.6 Å². The first kappa shape index (κ1) is 34.0. The number of hydrogen-bond donors (Lipinski definition) is 5. The van der Waals surface area contributed by atoms with E-state index in [-0.39, 0.29) is 27.8 Å². The molecule has 0 radical (unpaired) electrons. The number of quaternary nitrogens is 1. The van der Waals surface area contributed by atoms with Crippen LogP contribution in [0.4, 0.5) is 13.2 Å². The summed E-state index contributed by atoms with van der Waals surface area (Å²) in [5, 5.41) is 16.9. The van der Waals surface area contributed by atoms with Crippen molar-refractivity contribution in [1.29, 1.82) is 0 Å². The summed E-state index contributed by atoms with van der Waals surface area (Å²) < 4.78 is 48.5. The van der Waals surface area contributed by atoms with Gasteiger partial charge in [-0.15, -0.1) is 0 Å². The van der Waals surface area contributed by atoms with E-state index in [0.717, 1.165) is 6.08 Å². The Morgan fingerprint density at radius 1 is 1.29 bits per heavy atom. The van der Waals surface area contributed by atoms with Crippen LogP contribution in [0, 0.1) is 0 Å². The second-order valence-corrected chi connectivity index (χ2v) is 6.57. The van der Waals surface area contributed by atoms with Gasteiger partial charge >= 0.3 is 12.1 Å². The molecule has 0 aliphatic carbocycles. The lowest BCUT2D eigenvalue weighted by Crippen LogP contribution is -2.42. The van der Waals surface area contributed by atoms with E-state index in [4.69, 9.17) is 43.0 Å². The molecule has 0 amide bonds. The Kier molecular flexibility index (Phi) is 19.2. The summed E-state index contributed by atoms with van der Waals surface area (Å²) in [6.07, 6.45) is -3.65. The Hall–Kier alpha value is -2.13. The number of esters is 1. The number of halogens is 5. The number of nitrogens with one attached hydrogen (secondary N) is 1. The van der Waals surface area contributed by atoms with Crippen LogP contribution in [0.25, 0.3) is 6.08 Å². The average molecular weight is 539 g/mol. The lowest BCUT2D eigenvalue weighted by atomic mass is 10.0. The molecule has 0 spiro atoms. The van der Waals surface area contributed by atoms with Gasteiger partial charge in [0.05, 0.1) is 10.6 Å². The Bertz CT molecular complexity index is 758. The van der Waals surface area contributed by atoms with Gasteiger partial charge in [0.15, 0.2) is 0 Å². The highest BCUT2D eigenvalue weighted by atomic mass is 35.5. The van der Waals surface area contributed by atoms with Gasteiger partial charge in [0.2, 0.25) is 12.9 Å². The van der Waals surface area contributed by atoms with Crippen LogP contribution in [0.15, 0.2) is 17.7 Å². The summed E-state index contributed by atoms with van der Waals surface area (Å²) in [4.78, 5) is 24.1. The monoisotopic (exact) mass is 538 g/mol. The third-order valence-electron chi connectivity index (χ3n) is 3.61. The van der Waals surface area contributed by atoms with E-state index in [1.54, 1.807) is 0 Å². The summed E-state index contributed by atoms with van der Waals surface area (Å²) in [5.41, 5.74) is -0.644. The summed E-state index contributed by atoms with van der Waals surface area (Å²) in [6.45, 7) is 5.55. The normalized spacial score (nSPS) is 15.5. The van der Waals surface area contributed by atoms with E-state index >= 15 is 0 Å². The molecule has 1 unspecified atom stereocenters. The van der Waals surface area contributed by atoms with Crippen molar-refractivity contribution in [1.82, 2.24) is 5.32 Å². The largest absolute Gasteiger partial charge is 0.483 e. The fraction of sp³-hybridized carbons (Fsp3) is 0.474. The number of nitrogens with two attached hydrogens (primary N) is 1. The molecule has 1 fully saturated rings. The van der Waals surface area contributed by atoms with E-state index < -0.39 is 30.6 Å². The van der Waals surface area contributed by atoms with Crippen molar-refractivity contribution in [3.63, 3.8) is 0 Å². The molecule has 8 N–H and O–H groups in total. The van der Waals surface area contributed by atoms with Crippen molar-refractivity contribution in [2.75, 3.05) is 19.9 Å². The fourth-order valence-electron chi connectivity index (χ4n) is 2.44. The van der Waals surface area contributed by atoms with Crippen LogP contribution >= 0.6 is 23.2 Å². The van der Waals surface area contributed by atoms with Crippen molar-refractivity contribution in [3.8, 4) is 5.75 Å². The van der Waals surface area contributed by atoms with Gasteiger partial charge in [-0.2, -0.15) is 13.2 Å². The minimum atomic E-state index is -4.85. The SMILES string of the molecule is C1CCNC1.CC.NOCOC(=O)C1=Cc2cc(Cl)cc(Cl)c2OC1C(F)(F)F.O=CO.[NH3+]O. The third kappa shape index (κ3) is 12.4. The maximum Gasteiger partial charge on any atom is 0.430 e. The van der Waals surface area contributed by atoms with Crippen molar-refractivity contribution in [3.05, 3.63) is 33.3 Å². The molecule has 34 heavy (non-hydrogen) atoms. The summed E-state index contributed by atoms with van der Waals surface area (Å²) in [5.74, 6) is 5.40. The summed E-state index contributed by atoms with van der Waals surface area (Å²) >= 11 is 11.6. The quantitative estimate of drug-likeness (QED) is 0.168. The highest BCUT2D eigenvalue weighted by Crippen LogP contribution is 2.42. The van der Waals surface area contributed by atoms with Crippen LogP contribution in [0.3, 0.4) is 0 Å². The van der Waals surface area contributed by atoms with Gasteiger partial charge in [-0.05, 0) is 44.1 Å². The Labute approximate surface area is 204 Å². The van der Waals surface area contributed by atoms with Crippen molar-refractivity contribution < 1.29 is 53.3 Å². The molecule has 1 aromatic rings. The number of carboxylic acid groups (broad SMARTS) is 1. The van der Waals surface area contributed by atoms with Crippen LogP contribution in [0.2, 0.25) is 10.0 Å². The molecule has 1 aromatic carbocycles. The topological polar surface area (TPSA) is 168 Å². The Morgan fingerprint density at radius 2 is 1.82 bits per heavy atom. The number of carbonyl (C=O) groups is 2. The van der Waals surface area contributed by atoms with Crippen LogP contribution < -0.4 is 21.8 Å². The van der Waals surface area contributed by atoms with E-state index in [0.29, 0.717) is 0 Å². The van der Waals surface area contributed by atoms with Crippen molar-refractivity contribution in [2.45, 2.75) is 39.0 Å². The number of carbonyl (C=O) groups excluding carboxylic acids is 1.